The molecule has 1 saturated heterocycles. The lowest BCUT2D eigenvalue weighted by Gasteiger charge is -2.29. The van der Waals surface area contributed by atoms with E-state index in [1.165, 1.54) is 49.6 Å². The van der Waals surface area contributed by atoms with Gasteiger partial charge in [-0.05, 0) is 105 Å². The summed E-state index contributed by atoms with van der Waals surface area (Å²) in [6, 6.07) is 33.3. The summed E-state index contributed by atoms with van der Waals surface area (Å²) >= 11 is 9.43. The highest BCUT2D eigenvalue weighted by Crippen LogP contribution is 2.31. The predicted octanol–water partition coefficient (Wildman–Crippen LogP) is 10.2. The Morgan fingerprint density at radius 3 is 1.42 bits per heavy atom. The van der Waals surface area contributed by atoms with E-state index in [-0.39, 0.29) is 39.6 Å². The van der Waals surface area contributed by atoms with Crippen molar-refractivity contribution in [3.8, 4) is 57.4 Å². The standard InChI is InChI=1S/C23H22N6O3.C23H24N4O3.C6H6ClN3OS.CBrN/c24-15-29-12-4-5-16(14-29)27-23-26-13-20(21(25)30)22(28-23)32-19-10-8-18(9-11-19)31-17-6-2-1-3-7-17;24-21(28)20-15-25-23(26-16-7-3-1-4-8-16)27-22(20)30-19-13-11-18(12-14-19)29-17-9-5-2-6-10-17;1-12-6-9-2-3(5(8)11)4(7)10-6;2-1-3/h1-3,6-11,13,16H,4-5,12,14H2,(H2,25,30)(H,26,27,28);2,5-6,9-16H,1,3-4,7-8H2,(H2,24,28)(H,25,26,27);2H,1H3,(H2,8,11);. The molecule has 0 radical (unpaired) electrons. The summed E-state index contributed by atoms with van der Waals surface area (Å²) in [6.07, 6.45) is 15.6. The Labute approximate surface area is 461 Å². The molecule has 1 atom stereocenters. The van der Waals surface area contributed by atoms with Gasteiger partial charge in [-0.3, -0.25) is 14.4 Å². The molecule has 3 aromatic heterocycles. The minimum absolute atomic E-state index is 0.0186. The van der Waals surface area contributed by atoms with Crippen LogP contribution in [-0.4, -0.2) is 84.0 Å². The second kappa shape index (κ2) is 29.9. The number of ether oxygens (including phenoxy) is 4. The number of piperidine rings is 1. The number of hydrogen-bond donors (Lipinski definition) is 5. The average Bonchev–Trinajstić information content (AvgIpc) is 3.43. The van der Waals surface area contributed by atoms with Crippen LogP contribution in [-0.2, 0) is 0 Å². The van der Waals surface area contributed by atoms with Crippen molar-refractivity contribution in [1.82, 2.24) is 34.8 Å². The molecule has 21 nitrogen and oxygen atoms in total. The van der Waals surface area contributed by atoms with Crippen LogP contribution in [0.2, 0.25) is 5.15 Å². The molecule has 0 spiro atoms. The van der Waals surface area contributed by atoms with E-state index < -0.39 is 17.7 Å². The van der Waals surface area contributed by atoms with Crippen LogP contribution in [0.4, 0.5) is 11.9 Å². The second-order valence-corrected chi connectivity index (χ2v) is 18.0. The molecular formula is C53H52BrClN14O7S. The van der Waals surface area contributed by atoms with Crippen LogP contribution >= 0.6 is 39.3 Å². The molecule has 396 valence electrons. The Morgan fingerprint density at radius 2 is 1.00 bits per heavy atom. The predicted molar refractivity (Wildman–Crippen MR) is 293 cm³/mol. The molecule has 9 rings (SSSR count). The van der Waals surface area contributed by atoms with Gasteiger partial charge in [0.05, 0.1) is 5.56 Å². The van der Waals surface area contributed by atoms with Gasteiger partial charge in [-0.15, -0.1) is 0 Å². The van der Waals surface area contributed by atoms with Crippen molar-refractivity contribution in [3.63, 3.8) is 0 Å². The largest absolute Gasteiger partial charge is 0.457 e. The molecule has 1 saturated carbocycles. The Kier molecular flexibility index (Phi) is 22.4. The van der Waals surface area contributed by atoms with Gasteiger partial charge in [-0.2, -0.15) is 20.5 Å². The van der Waals surface area contributed by atoms with Crippen LogP contribution in [0.3, 0.4) is 0 Å². The van der Waals surface area contributed by atoms with Crippen LogP contribution in [0.1, 0.15) is 76.0 Å². The first-order valence-corrected chi connectivity index (χ1v) is 26.1. The maximum Gasteiger partial charge on any atom is 0.255 e. The van der Waals surface area contributed by atoms with Crippen LogP contribution in [0.15, 0.2) is 133 Å². The van der Waals surface area contributed by atoms with Crippen LogP contribution in [0.5, 0.6) is 46.3 Å². The molecule has 1 aliphatic carbocycles. The number of rotatable bonds is 16. The third-order valence-corrected chi connectivity index (χ3v) is 11.9. The van der Waals surface area contributed by atoms with Gasteiger partial charge >= 0.3 is 0 Å². The first-order chi connectivity index (χ1) is 37.3. The Hall–Kier alpha value is -8.77. The molecule has 1 unspecified atom stereocenters. The van der Waals surface area contributed by atoms with E-state index in [1.54, 1.807) is 58.4 Å². The number of thioether (sulfide) groups is 1. The third-order valence-electron chi connectivity index (χ3n) is 11.1. The molecule has 77 heavy (non-hydrogen) atoms. The van der Waals surface area contributed by atoms with Crippen molar-refractivity contribution in [3.05, 3.63) is 150 Å². The fourth-order valence-electron chi connectivity index (χ4n) is 7.40. The first-order valence-electron chi connectivity index (χ1n) is 23.7. The Bertz CT molecular complexity index is 3140. The number of nitriles is 2. The molecule has 3 amide bonds. The fourth-order valence-corrected chi connectivity index (χ4v) is 8.01. The molecule has 8 N–H and O–H groups in total. The summed E-state index contributed by atoms with van der Waals surface area (Å²) in [5, 5.41) is 23.5. The summed E-state index contributed by atoms with van der Waals surface area (Å²) in [5.41, 5.74) is 16.3. The van der Waals surface area contributed by atoms with Crippen molar-refractivity contribution >= 4 is 68.9 Å². The van der Waals surface area contributed by atoms with E-state index in [1.807, 2.05) is 66.9 Å². The number of para-hydroxylation sites is 2. The fraction of sp³-hybridized carbons (Fsp3) is 0.226. The Morgan fingerprint density at radius 1 is 0.597 bits per heavy atom. The number of halogens is 2. The number of primary amides is 3. The zero-order chi connectivity index (χ0) is 54.9. The summed E-state index contributed by atoms with van der Waals surface area (Å²) in [7, 11) is 0. The maximum atomic E-state index is 11.8. The minimum Gasteiger partial charge on any atom is -0.457 e. The van der Waals surface area contributed by atoms with Crippen molar-refractivity contribution in [2.24, 2.45) is 17.2 Å². The van der Waals surface area contributed by atoms with Gasteiger partial charge in [-0.1, -0.05) is 79.0 Å². The van der Waals surface area contributed by atoms with Crippen LogP contribution < -0.4 is 46.8 Å². The number of benzene rings is 4. The maximum absolute atomic E-state index is 11.8. The van der Waals surface area contributed by atoms with Crippen LogP contribution in [0.25, 0.3) is 0 Å². The Balaban J connectivity index is 0.000000198. The molecule has 4 heterocycles. The van der Waals surface area contributed by atoms with Crippen molar-refractivity contribution in [2.75, 3.05) is 30.0 Å². The van der Waals surface area contributed by atoms with Crippen molar-refractivity contribution < 1.29 is 33.3 Å². The highest BCUT2D eigenvalue weighted by molar-refractivity contribution is 9.12. The SMILES string of the molecule is CSc1ncc(C(N)=O)c(Cl)n1.N#CBr.N#CN1CCCC(Nc2ncc(C(N)=O)c(Oc3ccc(Oc4ccccc4)cc3)n2)C1.NC(=O)c1cnc(NC2CCCCC2)nc1Oc1ccc(Oc2ccccc2)cc1. The number of anilines is 2. The molecular weight excluding hydrogens is 1090 g/mol. The van der Waals surface area contributed by atoms with E-state index in [0.717, 1.165) is 43.7 Å². The number of aromatic nitrogens is 6. The van der Waals surface area contributed by atoms with Crippen molar-refractivity contribution in [2.45, 2.75) is 62.2 Å². The van der Waals surface area contributed by atoms with Gasteiger partial charge in [0.25, 0.3) is 17.7 Å². The lowest BCUT2D eigenvalue weighted by molar-refractivity contribution is 0.0988. The van der Waals surface area contributed by atoms with Crippen LogP contribution in [0, 0.1) is 21.7 Å². The van der Waals surface area contributed by atoms with Gasteiger partial charge in [-0.25, -0.2) is 19.9 Å². The van der Waals surface area contributed by atoms with Crippen molar-refractivity contribution in [1.29, 1.82) is 10.5 Å². The van der Waals surface area contributed by atoms with Gasteiger partial charge < -0.3 is 51.7 Å². The molecule has 0 bridgehead atoms. The summed E-state index contributed by atoms with van der Waals surface area (Å²) in [4.78, 5) is 62.4. The van der Waals surface area contributed by atoms with Gasteiger partial charge in [0.15, 0.2) is 11.3 Å². The number of carbonyl (C=O) groups excluding carboxylic acids is 3. The number of likely N-dealkylation sites (tertiary alicyclic amines) is 1. The summed E-state index contributed by atoms with van der Waals surface area (Å²) in [5.74, 6) is 2.74. The number of nitrogens with one attached hydrogen (secondary N) is 2. The number of amides is 3. The van der Waals surface area contributed by atoms with Gasteiger partial charge in [0.1, 0.15) is 55.8 Å². The van der Waals surface area contributed by atoms with Gasteiger partial charge in [0.2, 0.25) is 23.7 Å². The van der Waals surface area contributed by atoms with E-state index in [2.05, 4.69) is 62.7 Å². The van der Waals surface area contributed by atoms with E-state index in [4.69, 9.17) is 58.3 Å². The quantitative estimate of drug-likeness (QED) is 0.0260. The molecule has 7 aromatic rings. The monoisotopic (exact) mass is 1140 g/mol. The third kappa shape index (κ3) is 18.5. The number of nitrogens with two attached hydrogens (primary N) is 3. The number of carbonyl (C=O) groups is 3. The molecule has 4 aromatic carbocycles. The van der Waals surface area contributed by atoms with E-state index in [0.29, 0.717) is 52.6 Å². The van der Waals surface area contributed by atoms with E-state index >= 15 is 0 Å². The smallest absolute Gasteiger partial charge is 0.255 e. The minimum atomic E-state index is -0.691. The summed E-state index contributed by atoms with van der Waals surface area (Å²) < 4.78 is 23.3. The topological polar surface area (TPSA) is 318 Å². The molecule has 1 aliphatic heterocycles. The number of nitrogens with zero attached hydrogens (tertiary/aromatic N) is 9. The lowest BCUT2D eigenvalue weighted by atomic mass is 9.96. The lowest BCUT2D eigenvalue weighted by Crippen LogP contribution is -2.39. The summed E-state index contributed by atoms with van der Waals surface area (Å²) in [6.45, 7) is 1.31. The van der Waals surface area contributed by atoms with E-state index in [9.17, 15) is 14.4 Å². The number of hydrogen-bond acceptors (Lipinski definition) is 19. The zero-order valence-corrected chi connectivity index (χ0v) is 44.6. The zero-order valence-electron chi connectivity index (χ0n) is 41.4. The highest BCUT2D eigenvalue weighted by Gasteiger charge is 2.22. The average molecular weight is 1140 g/mol. The van der Waals surface area contributed by atoms with Gasteiger partial charge in [0, 0.05) is 59.7 Å². The molecule has 2 aliphatic rings. The molecule has 24 heteroatoms. The highest BCUT2D eigenvalue weighted by atomic mass is 79.9. The first kappa shape index (κ1) is 57.5. The normalized spacial score (nSPS) is 13.6. The molecule has 2 fully saturated rings. The second-order valence-electron chi connectivity index (χ2n) is 16.5.